The van der Waals surface area contributed by atoms with E-state index in [4.69, 9.17) is 0 Å². The Morgan fingerprint density at radius 2 is 2.62 bits per heavy atom. The van der Waals surface area contributed by atoms with Gasteiger partial charge in [-0.2, -0.15) is 0 Å². The van der Waals surface area contributed by atoms with Crippen molar-refractivity contribution < 1.29 is 9.21 Å². The fraction of sp³-hybridized carbons (Fsp3) is 0. The minimum Gasteiger partial charge on any atom is -0.439 e. The molecule has 1 heterocycles. The van der Waals surface area contributed by atoms with Crippen LogP contribution in [-0.4, -0.2) is 11.3 Å². The lowest BCUT2D eigenvalue weighted by atomic mass is 10.6. The molecule has 1 rings (SSSR count). The number of oxazole rings is 1. The van der Waals surface area contributed by atoms with Gasteiger partial charge in [0.25, 0.3) is 0 Å². The van der Waals surface area contributed by atoms with Gasteiger partial charge in [0, 0.05) is 0 Å². The van der Waals surface area contributed by atoms with Gasteiger partial charge >= 0.3 is 0 Å². The molecule has 3 nitrogen and oxygen atoms in total. The zero-order chi connectivity index (χ0) is 5.98. The molecule has 0 N–H and O–H groups in total. The SMILES string of the molecule is O=Cc1ocnc1Br. The van der Waals surface area contributed by atoms with E-state index < -0.39 is 0 Å². The van der Waals surface area contributed by atoms with Gasteiger partial charge in [0.1, 0.15) is 0 Å². The first-order valence-corrected chi connectivity index (χ1v) is 2.68. The quantitative estimate of drug-likeness (QED) is 0.604. The third-order valence-electron chi connectivity index (χ3n) is 0.656. The second-order valence-corrected chi connectivity index (χ2v) is 1.88. The number of aromatic nitrogens is 1. The second-order valence-electron chi connectivity index (χ2n) is 1.13. The lowest BCUT2D eigenvalue weighted by molar-refractivity contribution is 0.109. The highest BCUT2D eigenvalue weighted by molar-refractivity contribution is 9.10. The summed E-state index contributed by atoms with van der Waals surface area (Å²) < 4.78 is 5.04. The minimum atomic E-state index is 0.227. The van der Waals surface area contributed by atoms with E-state index in [-0.39, 0.29) is 5.76 Å². The Labute approximate surface area is 53.8 Å². The highest BCUT2D eigenvalue weighted by atomic mass is 79.9. The average Bonchev–Trinajstić information content (AvgIpc) is 2.14. The van der Waals surface area contributed by atoms with E-state index in [9.17, 15) is 4.79 Å². The Balaban J connectivity index is 3.09. The molecule has 42 valence electrons. The molecule has 1 aromatic rings. The van der Waals surface area contributed by atoms with Gasteiger partial charge in [0.15, 0.2) is 17.3 Å². The number of hydrogen-bond donors (Lipinski definition) is 0. The summed E-state index contributed by atoms with van der Waals surface area (Å²) in [6.45, 7) is 0. The van der Waals surface area contributed by atoms with Gasteiger partial charge in [0.2, 0.25) is 5.76 Å². The van der Waals surface area contributed by atoms with E-state index in [1.165, 1.54) is 6.39 Å². The number of hydrogen-bond acceptors (Lipinski definition) is 3. The van der Waals surface area contributed by atoms with Crippen LogP contribution in [0.1, 0.15) is 10.6 Å². The zero-order valence-corrected chi connectivity index (χ0v) is 5.38. The molecule has 0 radical (unpaired) electrons. The number of nitrogens with zero attached hydrogens (tertiary/aromatic N) is 1. The van der Waals surface area contributed by atoms with Crippen molar-refractivity contribution in [3.8, 4) is 0 Å². The van der Waals surface area contributed by atoms with Crippen LogP contribution >= 0.6 is 15.9 Å². The molecular formula is C4H2BrNO2. The Morgan fingerprint density at radius 3 is 2.88 bits per heavy atom. The minimum absolute atomic E-state index is 0.227. The van der Waals surface area contributed by atoms with E-state index in [0.717, 1.165) is 0 Å². The van der Waals surface area contributed by atoms with Crippen molar-refractivity contribution in [1.82, 2.24) is 4.98 Å². The van der Waals surface area contributed by atoms with Crippen LogP contribution < -0.4 is 0 Å². The summed E-state index contributed by atoms with van der Waals surface area (Å²) >= 11 is 2.99. The summed E-state index contributed by atoms with van der Waals surface area (Å²) in [6, 6.07) is 0. The highest BCUT2D eigenvalue weighted by Crippen LogP contribution is 2.09. The first-order valence-electron chi connectivity index (χ1n) is 1.88. The number of carbonyl (C=O) groups is 1. The molecule has 0 spiro atoms. The molecule has 0 atom stereocenters. The van der Waals surface area contributed by atoms with E-state index >= 15 is 0 Å². The highest BCUT2D eigenvalue weighted by Gasteiger charge is 1.99. The van der Waals surface area contributed by atoms with Crippen molar-refractivity contribution >= 4 is 22.2 Å². The maximum atomic E-state index is 9.92. The smallest absolute Gasteiger partial charge is 0.201 e. The van der Waals surface area contributed by atoms with Crippen LogP contribution in [0, 0.1) is 0 Å². The van der Waals surface area contributed by atoms with Crippen LogP contribution in [0.4, 0.5) is 0 Å². The van der Waals surface area contributed by atoms with Gasteiger partial charge in [0.05, 0.1) is 0 Å². The van der Waals surface area contributed by atoms with Crippen molar-refractivity contribution in [2.75, 3.05) is 0 Å². The Morgan fingerprint density at radius 1 is 1.88 bits per heavy atom. The second kappa shape index (κ2) is 2.09. The van der Waals surface area contributed by atoms with E-state index in [2.05, 4.69) is 25.3 Å². The van der Waals surface area contributed by atoms with E-state index in [1.807, 2.05) is 0 Å². The van der Waals surface area contributed by atoms with Crippen molar-refractivity contribution in [3.63, 3.8) is 0 Å². The maximum absolute atomic E-state index is 9.92. The molecule has 4 heteroatoms. The Bertz CT molecular complexity index is 196. The number of aldehydes is 1. The fourth-order valence-corrected chi connectivity index (χ4v) is 0.589. The normalized spacial score (nSPS) is 9.12. The predicted octanol–water partition coefficient (Wildman–Crippen LogP) is 1.25. The standard InChI is InChI=1S/C4H2BrNO2/c5-4-3(1-7)8-2-6-4/h1-2H. The predicted molar refractivity (Wildman–Crippen MR) is 29.6 cm³/mol. The third-order valence-corrected chi connectivity index (χ3v) is 1.25. The van der Waals surface area contributed by atoms with Gasteiger partial charge < -0.3 is 4.42 Å². The van der Waals surface area contributed by atoms with Gasteiger partial charge in [-0.15, -0.1) is 0 Å². The van der Waals surface area contributed by atoms with Crippen LogP contribution in [0.2, 0.25) is 0 Å². The molecule has 8 heavy (non-hydrogen) atoms. The monoisotopic (exact) mass is 175 g/mol. The molecule has 0 fully saturated rings. The van der Waals surface area contributed by atoms with Gasteiger partial charge in [-0.25, -0.2) is 4.98 Å². The molecule has 0 bridgehead atoms. The molecular weight excluding hydrogens is 174 g/mol. The van der Waals surface area contributed by atoms with Gasteiger partial charge in [-0.05, 0) is 15.9 Å². The lowest BCUT2D eigenvalue weighted by Gasteiger charge is -1.73. The maximum Gasteiger partial charge on any atom is 0.201 e. The average molecular weight is 176 g/mol. The summed E-state index contributed by atoms with van der Waals surface area (Å²) in [5, 5.41) is 0. The Hall–Kier alpha value is -0.640. The van der Waals surface area contributed by atoms with Crippen molar-refractivity contribution in [2.45, 2.75) is 0 Å². The fourth-order valence-electron chi connectivity index (χ4n) is 0.318. The molecule has 0 aliphatic rings. The van der Waals surface area contributed by atoms with E-state index in [1.54, 1.807) is 0 Å². The molecule has 0 unspecified atom stereocenters. The molecule has 0 amide bonds. The lowest BCUT2D eigenvalue weighted by Crippen LogP contribution is -1.72. The van der Waals surface area contributed by atoms with Gasteiger partial charge in [-0.1, -0.05) is 0 Å². The topological polar surface area (TPSA) is 43.1 Å². The van der Waals surface area contributed by atoms with Crippen LogP contribution in [0.15, 0.2) is 15.4 Å². The summed E-state index contributed by atoms with van der Waals surface area (Å²) in [4.78, 5) is 13.5. The van der Waals surface area contributed by atoms with Crippen LogP contribution in [0.3, 0.4) is 0 Å². The molecule has 0 aliphatic carbocycles. The van der Waals surface area contributed by atoms with Crippen LogP contribution in [-0.2, 0) is 0 Å². The van der Waals surface area contributed by atoms with Crippen molar-refractivity contribution in [2.24, 2.45) is 0 Å². The summed E-state index contributed by atoms with van der Waals surface area (Å²) in [7, 11) is 0. The van der Waals surface area contributed by atoms with Crippen LogP contribution in [0.25, 0.3) is 0 Å². The third kappa shape index (κ3) is 0.790. The Kier molecular flexibility index (Phi) is 1.43. The van der Waals surface area contributed by atoms with Crippen molar-refractivity contribution in [3.05, 3.63) is 16.8 Å². The van der Waals surface area contributed by atoms with Crippen LogP contribution in [0.5, 0.6) is 0 Å². The van der Waals surface area contributed by atoms with Crippen molar-refractivity contribution in [1.29, 1.82) is 0 Å². The molecule has 0 aromatic carbocycles. The zero-order valence-electron chi connectivity index (χ0n) is 3.80. The first-order chi connectivity index (χ1) is 3.84. The van der Waals surface area contributed by atoms with Gasteiger partial charge in [-0.3, -0.25) is 4.79 Å². The number of rotatable bonds is 1. The molecule has 1 aromatic heterocycles. The molecule has 0 saturated carbocycles. The first kappa shape index (κ1) is 5.50. The summed E-state index contributed by atoms with van der Waals surface area (Å²) in [5.41, 5.74) is 0. The summed E-state index contributed by atoms with van der Waals surface area (Å²) in [5.74, 6) is 0.227. The summed E-state index contributed by atoms with van der Waals surface area (Å²) in [6.07, 6.45) is 1.80. The largest absolute Gasteiger partial charge is 0.439 e. The molecule has 0 aliphatic heterocycles. The number of halogens is 1. The number of carbonyl (C=O) groups excluding carboxylic acids is 1. The van der Waals surface area contributed by atoms with E-state index in [0.29, 0.717) is 10.9 Å². The molecule has 0 saturated heterocycles.